The van der Waals surface area contributed by atoms with Gasteiger partial charge in [0.1, 0.15) is 17.5 Å². The molecule has 0 spiro atoms. The molecule has 2 atom stereocenters. The SMILES string of the molecule is CCc1nc(NC)cc(NC2CCCC2C)n1. The normalized spacial score (nSPS) is 23.7. The van der Waals surface area contributed by atoms with E-state index in [-0.39, 0.29) is 0 Å². The van der Waals surface area contributed by atoms with Gasteiger partial charge in [-0.15, -0.1) is 0 Å². The maximum Gasteiger partial charge on any atom is 0.132 e. The van der Waals surface area contributed by atoms with Gasteiger partial charge < -0.3 is 10.6 Å². The first-order chi connectivity index (χ1) is 8.22. The van der Waals surface area contributed by atoms with E-state index >= 15 is 0 Å². The minimum absolute atomic E-state index is 0.569. The van der Waals surface area contributed by atoms with Crippen LogP contribution >= 0.6 is 0 Å². The summed E-state index contributed by atoms with van der Waals surface area (Å²) in [7, 11) is 1.89. The molecule has 0 saturated heterocycles. The maximum absolute atomic E-state index is 4.54. The first-order valence-electron chi connectivity index (χ1n) is 6.55. The fraction of sp³-hybridized carbons (Fsp3) is 0.692. The van der Waals surface area contributed by atoms with E-state index in [0.29, 0.717) is 6.04 Å². The Hall–Kier alpha value is -1.32. The molecule has 0 aromatic carbocycles. The van der Waals surface area contributed by atoms with Crippen molar-refractivity contribution in [1.29, 1.82) is 0 Å². The molecule has 1 aromatic heterocycles. The van der Waals surface area contributed by atoms with Gasteiger partial charge in [-0.05, 0) is 18.8 Å². The van der Waals surface area contributed by atoms with Crippen LogP contribution in [0.1, 0.15) is 38.9 Å². The van der Waals surface area contributed by atoms with E-state index in [2.05, 4.69) is 34.4 Å². The molecule has 1 aliphatic rings. The van der Waals surface area contributed by atoms with E-state index in [1.54, 1.807) is 0 Å². The predicted molar refractivity (Wildman–Crippen MR) is 71.4 cm³/mol. The third kappa shape index (κ3) is 2.87. The van der Waals surface area contributed by atoms with E-state index in [0.717, 1.165) is 29.8 Å². The van der Waals surface area contributed by atoms with Crippen molar-refractivity contribution in [3.8, 4) is 0 Å². The second-order valence-corrected chi connectivity index (χ2v) is 4.82. The fourth-order valence-electron chi connectivity index (χ4n) is 2.41. The Balaban J connectivity index is 2.14. The van der Waals surface area contributed by atoms with Crippen LogP contribution in [0.4, 0.5) is 11.6 Å². The van der Waals surface area contributed by atoms with Crippen molar-refractivity contribution in [2.24, 2.45) is 5.92 Å². The van der Waals surface area contributed by atoms with Crippen LogP contribution in [0, 0.1) is 5.92 Å². The first kappa shape index (κ1) is 12.1. The van der Waals surface area contributed by atoms with Crippen LogP contribution in [0.5, 0.6) is 0 Å². The summed E-state index contributed by atoms with van der Waals surface area (Å²) in [4.78, 5) is 8.94. The molecular weight excluding hydrogens is 212 g/mol. The number of anilines is 2. The van der Waals surface area contributed by atoms with Crippen LogP contribution in [0.15, 0.2) is 6.07 Å². The largest absolute Gasteiger partial charge is 0.373 e. The Morgan fingerprint density at radius 3 is 2.65 bits per heavy atom. The summed E-state index contributed by atoms with van der Waals surface area (Å²) in [6.07, 6.45) is 4.76. The molecule has 2 N–H and O–H groups in total. The van der Waals surface area contributed by atoms with E-state index in [1.807, 2.05) is 13.1 Å². The third-order valence-corrected chi connectivity index (χ3v) is 3.54. The number of hydrogen-bond acceptors (Lipinski definition) is 4. The van der Waals surface area contributed by atoms with Gasteiger partial charge in [0.2, 0.25) is 0 Å². The van der Waals surface area contributed by atoms with Gasteiger partial charge in [0.15, 0.2) is 0 Å². The highest BCUT2D eigenvalue weighted by atomic mass is 15.1. The van der Waals surface area contributed by atoms with Gasteiger partial charge in [0, 0.05) is 25.6 Å². The fourth-order valence-corrected chi connectivity index (χ4v) is 2.41. The highest BCUT2D eigenvalue weighted by Crippen LogP contribution is 2.27. The number of nitrogens with zero attached hydrogens (tertiary/aromatic N) is 2. The van der Waals surface area contributed by atoms with Crippen molar-refractivity contribution >= 4 is 11.6 Å². The molecule has 17 heavy (non-hydrogen) atoms. The van der Waals surface area contributed by atoms with E-state index in [9.17, 15) is 0 Å². The van der Waals surface area contributed by atoms with Crippen molar-refractivity contribution in [2.75, 3.05) is 17.7 Å². The van der Waals surface area contributed by atoms with Gasteiger partial charge >= 0.3 is 0 Å². The van der Waals surface area contributed by atoms with Crippen LogP contribution in [-0.4, -0.2) is 23.1 Å². The number of rotatable bonds is 4. The topological polar surface area (TPSA) is 49.8 Å². The lowest BCUT2D eigenvalue weighted by Crippen LogP contribution is -2.23. The monoisotopic (exact) mass is 234 g/mol. The van der Waals surface area contributed by atoms with Crippen LogP contribution in [0.25, 0.3) is 0 Å². The van der Waals surface area contributed by atoms with Crippen LogP contribution < -0.4 is 10.6 Å². The summed E-state index contributed by atoms with van der Waals surface area (Å²) in [6.45, 7) is 4.39. The molecule has 1 fully saturated rings. The standard InChI is InChI=1S/C13H22N4/c1-4-11-16-12(14-3)8-13(17-11)15-10-7-5-6-9(10)2/h8-10H,4-7H2,1-3H3,(H2,14,15,16,17). The van der Waals surface area contributed by atoms with E-state index < -0.39 is 0 Å². The van der Waals surface area contributed by atoms with Crippen molar-refractivity contribution in [3.63, 3.8) is 0 Å². The summed E-state index contributed by atoms with van der Waals surface area (Å²) >= 11 is 0. The molecule has 4 nitrogen and oxygen atoms in total. The zero-order valence-electron chi connectivity index (χ0n) is 11.0. The Morgan fingerprint density at radius 1 is 1.29 bits per heavy atom. The minimum Gasteiger partial charge on any atom is -0.373 e. The van der Waals surface area contributed by atoms with Crippen LogP contribution in [-0.2, 0) is 6.42 Å². The lowest BCUT2D eigenvalue weighted by Gasteiger charge is -2.18. The average molecular weight is 234 g/mol. The second kappa shape index (κ2) is 5.34. The molecule has 94 valence electrons. The number of hydrogen-bond donors (Lipinski definition) is 2. The van der Waals surface area contributed by atoms with Gasteiger partial charge in [-0.25, -0.2) is 9.97 Å². The summed E-state index contributed by atoms with van der Waals surface area (Å²) in [5.74, 6) is 3.49. The number of aromatic nitrogens is 2. The molecule has 1 aromatic rings. The molecule has 2 rings (SSSR count). The molecule has 1 heterocycles. The van der Waals surface area contributed by atoms with Crippen molar-refractivity contribution in [3.05, 3.63) is 11.9 Å². The molecule has 0 radical (unpaired) electrons. The Kier molecular flexibility index (Phi) is 3.82. The van der Waals surface area contributed by atoms with E-state index in [4.69, 9.17) is 0 Å². The summed E-state index contributed by atoms with van der Waals surface area (Å²) in [6, 6.07) is 2.56. The van der Waals surface area contributed by atoms with Crippen LogP contribution in [0.3, 0.4) is 0 Å². The lowest BCUT2D eigenvalue weighted by molar-refractivity contribution is 0.554. The van der Waals surface area contributed by atoms with Crippen molar-refractivity contribution < 1.29 is 0 Å². The number of nitrogens with one attached hydrogen (secondary N) is 2. The average Bonchev–Trinajstić information content (AvgIpc) is 2.74. The van der Waals surface area contributed by atoms with Crippen molar-refractivity contribution in [1.82, 2.24) is 9.97 Å². The molecule has 0 aliphatic heterocycles. The second-order valence-electron chi connectivity index (χ2n) is 4.82. The maximum atomic E-state index is 4.54. The third-order valence-electron chi connectivity index (χ3n) is 3.54. The summed E-state index contributed by atoms with van der Waals surface area (Å²) in [5, 5.41) is 6.64. The van der Waals surface area contributed by atoms with Gasteiger partial charge in [0.05, 0.1) is 0 Å². The molecule has 4 heteroatoms. The van der Waals surface area contributed by atoms with Crippen molar-refractivity contribution in [2.45, 2.75) is 45.6 Å². The number of aryl methyl sites for hydroxylation is 1. The molecule has 1 saturated carbocycles. The molecule has 2 unspecified atom stereocenters. The lowest BCUT2D eigenvalue weighted by atomic mass is 10.1. The Morgan fingerprint density at radius 2 is 2.06 bits per heavy atom. The molecule has 1 aliphatic carbocycles. The van der Waals surface area contributed by atoms with Gasteiger partial charge in [-0.3, -0.25) is 0 Å². The minimum atomic E-state index is 0.569. The zero-order valence-corrected chi connectivity index (χ0v) is 11.0. The van der Waals surface area contributed by atoms with Gasteiger partial charge in [-0.1, -0.05) is 20.3 Å². The highest BCUT2D eigenvalue weighted by Gasteiger charge is 2.23. The molecule has 0 bridgehead atoms. The highest BCUT2D eigenvalue weighted by molar-refractivity contribution is 5.47. The Bertz CT molecular complexity index is 355. The summed E-state index contributed by atoms with van der Waals surface area (Å²) < 4.78 is 0. The first-order valence-corrected chi connectivity index (χ1v) is 6.55. The van der Waals surface area contributed by atoms with Gasteiger partial charge in [-0.2, -0.15) is 0 Å². The van der Waals surface area contributed by atoms with Crippen LogP contribution in [0.2, 0.25) is 0 Å². The van der Waals surface area contributed by atoms with Gasteiger partial charge in [0.25, 0.3) is 0 Å². The smallest absolute Gasteiger partial charge is 0.132 e. The zero-order chi connectivity index (χ0) is 12.3. The molecular formula is C13H22N4. The summed E-state index contributed by atoms with van der Waals surface area (Å²) in [5.41, 5.74) is 0. The Labute approximate surface area is 103 Å². The predicted octanol–water partition coefficient (Wildman–Crippen LogP) is 2.68. The molecule has 0 amide bonds. The quantitative estimate of drug-likeness (QED) is 0.841. The van der Waals surface area contributed by atoms with E-state index in [1.165, 1.54) is 19.3 Å².